The van der Waals surface area contributed by atoms with E-state index in [1.54, 1.807) is 20.8 Å². The van der Waals surface area contributed by atoms with Crippen LogP contribution in [0.3, 0.4) is 0 Å². The number of hydrogen-bond donors (Lipinski definition) is 3. The molecule has 0 amide bonds. The van der Waals surface area contributed by atoms with Gasteiger partial charge < -0.3 is 15.3 Å². The SMILES string of the molecule is Br.CCO.CCO.CCO.[Ti]. The van der Waals surface area contributed by atoms with Crippen molar-refractivity contribution in [3.63, 3.8) is 0 Å². The zero-order chi connectivity index (χ0) is 8.12. The van der Waals surface area contributed by atoms with Gasteiger partial charge in [0, 0.05) is 41.5 Å². The van der Waals surface area contributed by atoms with Gasteiger partial charge in [0.2, 0.25) is 0 Å². The van der Waals surface area contributed by atoms with Gasteiger partial charge in [0.15, 0.2) is 0 Å². The fraction of sp³-hybridized carbons (Fsp3) is 1.00. The zero-order valence-corrected chi connectivity index (χ0v) is 10.6. The van der Waals surface area contributed by atoms with Gasteiger partial charge in [-0.2, -0.15) is 0 Å². The Bertz CT molecular complexity index is 22.5. The fourth-order valence-corrected chi connectivity index (χ4v) is 0. The van der Waals surface area contributed by atoms with E-state index in [0.717, 1.165) is 0 Å². The van der Waals surface area contributed by atoms with Crippen molar-refractivity contribution in [3.8, 4) is 0 Å². The molecule has 0 aliphatic heterocycles. The normalized spacial score (nSPS) is 4.91. The van der Waals surface area contributed by atoms with E-state index in [1.165, 1.54) is 0 Å². The van der Waals surface area contributed by atoms with E-state index in [0.29, 0.717) is 0 Å². The van der Waals surface area contributed by atoms with Gasteiger partial charge in [-0.05, 0) is 20.8 Å². The van der Waals surface area contributed by atoms with Gasteiger partial charge in [0.25, 0.3) is 0 Å². The second-order valence-corrected chi connectivity index (χ2v) is 0.949. The standard InChI is InChI=1S/3C2H6O.BrH.Ti/c3*1-2-3;;/h3*3H,2H2,1H3;1H;. The van der Waals surface area contributed by atoms with Crippen LogP contribution in [0.5, 0.6) is 0 Å². The van der Waals surface area contributed by atoms with Gasteiger partial charge in [0.1, 0.15) is 0 Å². The topological polar surface area (TPSA) is 60.7 Å². The van der Waals surface area contributed by atoms with Crippen molar-refractivity contribution in [1.82, 2.24) is 0 Å². The number of hydrogen-bond acceptors (Lipinski definition) is 3. The third-order valence-electron chi connectivity index (χ3n) is 0. The molecular weight excluding hydrogens is 248 g/mol. The molecule has 0 aromatic rings. The molecule has 0 heterocycles. The quantitative estimate of drug-likeness (QED) is 0.562. The molecule has 0 saturated heterocycles. The summed E-state index contributed by atoms with van der Waals surface area (Å²) < 4.78 is 0. The van der Waals surface area contributed by atoms with E-state index < -0.39 is 0 Å². The first-order chi connectivity index (χ1) is 4.24. The van der Waals surface area contributed by atoms with Crippen LogP contribution in [0.15, 0.2) is 0 Å². The molecule has 5 heteroatoms. The molecule has 0 atom stereocenters. The molecule has 0 radical (unpaired) electrons. The molecule has 0 unspecified atom stereocenters. The van der Waals surface area contributed by atoms with Crippen molar-refractivity contribution in [2.75, 3.05) is 19.8 Å². The predicted octanol–water partition coefficient (Wildman–Crippen LogP) is 0.571. The Labute approximate surface area is 94.5 Å². The van der Waals surface area contributed by atoms with E-state index in [-0.39, 0.29) is 58.5 Å². The Morgan fingerprint density at radius 3 is 0.727 bits per heavy atom. The van der Waals surface area contributed by atoms with E-state index in [9.17, 15) is 0 Å². The minimum Gasteiger partial charge on any atom is -0.397 e. The Balaban J connectivity index is -0.0000000150. The molecule has 0 aromatic carbocycles. The van der Waals surface area contributed by atoms with Crippen LogP contribution < -0.4 is 0 Å². The summed E-state index contributed by atoms with van der Waals surface area (Å²) in [5, 5.41) is 22.7. The number of aliphatic hydroxyl groups excluding tert-OH is 3. The van der Waals surface area contributed by atoms with Crippen LogP contribution in [0.25, 0.3) is 0 Å². The van der Waals surface area contributed by atoms with E-state index >= 15 is 0 Å². The van der Waals surface area contributed by atoms with Crippen LogP contribution in [0.4, 0.5) is 0 Å². The summed E-state index contributed by atoms with van der Waals surface area (Å²) in [5.41, 5.74) is 0. The van der Waals surface area contributed by atoms with Crippen LogP contribution in [-0.4, -0.2) is 35.1 Å². The van der Waals surface area contributed by atoms with Gasteiger partial charge >= 0.3 is 0 Å². The van der Waals surface area contributed by atoms with Crippen LogP contribution >= 0.6 is 17.0 Å². The summed E-state index contributed by atoms with van der Waals surface area (Å²) in [6, 6.07) is 0. The van der Waals surface area contributed by atoms with Crippen LogP contribution in [0, 0.1) is 0 Å². The van der Waals surface area contributed by atoms with E-state index in [4.69, 9.17) is 15.3 Å². The smallest absolute Gasteiger partial charge is 0.0402 e. The fourth-order valence-electron chi connectivity index (χ4n) is 0. The Morgan fingerprint density at radius 2 is 0.727 bits per heavy atom. The summed E-state index contributed by atoms with van der Waals surface area (Å²) in [6.45, 7) is 5.79. The molecule has 3 N–H and O–H groups in total. The zero-order valence-electron chi connectivity index (χ0n) is 7.37. The molecule has 0 aliphatic carbocycles. The van der Waals surface area contributed by atoms with E-state index in [2.05, 4.69) is 0 Å². The van der Waals surface area contributed by atoms with Gasteiger partial charge in [-0.1, -0.05) is 0 Å². The third-order valence-corrected chi connectivity index (χ3v) is 0. The van der Waals surface area contributed by atoms with Crippen molar-refractivity contribution in [1.29, 1.82) is 0 Å². The first-order valence-electron chi connectivity index (χ1n) is 3.07. The summed E-state index contributed by atoms with van der Waals surface area (Å²) in [7, 11) is 0. The maximum Gasteiger partial charge on any atom is 0.0402 e. The molecule has 11 heavy (non-hydrogen) atoms. The Hall–Kier alpha value is 1.07. The molecule has 0 rings (SSSR count). The summed E-state index contributed by atoms with van der Waals surface area (Å²) in [4.78, 5) is 0. The molecule has 0 aliphatic rings. The van der Waals surface area contributed by atoms with Gasteiger partial charge in [-0.15, -0.1) is 17.0 Å². The summed E-state index contributed by atoms with van der Waals surface area (Å²) in [5.74, 6) is 0. The van der Waals surface area contributed by atoms with Crippen molar-refractivity contribution < 1.29 is 37.0 Å². The number of halogens is 1. The molecular formula is C6H19BrO3Ti. The second kappa shape index (κ2) is 67.7. The molecule has 3 nitrogen and oxygen atoms in total. The van der Waals surface area contributed by atoms with Crippen molar-refractivity contribution in [3.05, 3.63) is 0 Å². The molecule has 0 fully saturated rings. The summed E-state index contributed by atoms with van der Waals surface area (Å²) in [6.07, 6.45) is 0. The van der Waals surface area contributed by atoms with Gasteiger partial charge in [-0.25, -0.2) is 0 Å². The Kier molecular flexibility index (Phi) is 182. The maximum atomic E-state index is 7.57. The summed E-state index contributed by atoms with van der Waals surface area (Å²) >= 11 is 0. The maximum absolute atomic E-state index is 7.57. The van der Waals surface area contributed by atoms with Crippen LogP contribution in [-0.2, 0) is 21.7 Å². The molecule has 0 saturated carbocycles. The Morgan fingerprint density at radius 1 is 0.727 bits per heavy atom. The first-order valence-corrected chi connectivity index (χ1v) is 3.07. The predicted molar refractivity (Wildman–Crippen MR) is 48.6 cm³/mol. The van der Waals surface area contributed by atoms with Crippen LogP contribution in [0.1, 0.15) is 20.8 Å². The average molecular weight is 267 g/mol. The second-order valence-electron chi connectivity index (χ2n) is 0.949. The third kappa shape index (κ3) is 790. The van der Waals surface area contributed by atoms with Crippen LogP contribution in [0.2, 0.25) is 0 Å². The number of aliphatic hydroxyl groups is 3. The molecule has 0 spiro atoms. The van der Waals surface area contributed by atoms with E-state index in [1.807, 2.05) is 0 Å². The van der Waals surface area contributed by atoms with Crippen molar-refractivity contribution >= 4 is 17.0 Å². The number of rotatable bonds is 0. The molecule has 0 aromatic heterocycles. The molecule has 0 bridgehead atoms. The minimum absolute atomic E-state index is 0. The van der Waals surface area contributed by atoms with Gasteiger partial charge in [-0.3, -0.25) is 0 Å². The first kappa shape index (κ1) is 29.6. The largest absolute Gasteiger partial charge is 0.397 e. The monoisotopic (exact) mass is 266 g/mol. The minimum atomic E-state index is 0. The average Bonchev–Trinajstić information content (AvgIpc) is 1.70. The van der Waals surface area contributed by atoms with Gasteiger partial charge in [0.05, 0.1) is 0 Å². The molecule has 72 valence electrons. The van der Waals surface area contributed by atoms with Crippen molar-refractivity contribution in [2.24, 2.45) is 0 Å². The van der Waals surface area contributed by atoms with Crippen molar-refractivity contribution in [2.45, 2.75) is 20.8 Å².